The minimum Gasteiger partial charge on any atom is -0.346 e. The lowest BCUT2D eigenvalue weighted by Gasteiger charge is -2.43. The number of piperidine rings is 1. The lowest BCUT2D eigenvalue weighted by Crippen LogP contribution is -2.62. The highest BCUT2D eigenvalue weighted by Gasteiger charge is 2.44. The van der Waals surface area contributed by atoms with Gasteiger partial charge in [-0.05, 0) is 64.2 Å². The maximum absolute atomic E-state index is 13.1. The molecule has 0 spiro atoms. The van der Waals surface area contributed by atoms with E-state index in [2.05, 4.69) is 48.6 Å². The SMILES string of the molecule is CC(C)N(CC(=O)N1CC(S(=O)(=O)N2CCC(c3c[nH]c4ncccc34)CC2)C1)C(C)C. The van der Waals surface area contributed by atoms with Crippen LogP contribution in [0.25, 0.3) is 11.0 Å². The van der Waals surface area contributed by atoms with Gasteiger partial charge in [0.1, 0.15) is 10.9 Å². The summed E-state index contributed by atoms with van der Waals surface area (Å²) in [6, 6.07) is 4.55. The summed E-state index contributed by atoms with van der Waals surface area (Å²) in [7, 11) is -3.38. The van der Waals surface area contributed by atoms with Crippen LogP contribution in [0.1, 0.15) is 52.0 Å². The van der Waals surface area contributed by atoms with Gasteiger partial charge in [-0.15, -0.1) is 0 Å². The molecule has 9 heteroatoms. The second-order valence-corrected chi connectivity index (χ2v) is 11.9. The number of pyridine rings is 1. The number of carbonyl (C=O) groups is 1. The van der Waals surface area contributed by atoms with Crippen LogP contribution >= 0.6 is 0 Å². The summed E-state index contributed by atoms with van der Waals surface area (Å²) in [5, 5.41) is 0.644. The smallest absolute Gasteiger partial charge is 0.236 e. The molecule has 0 saturated carbocycles. The van der Waals surface area contributed by atoms with Crippen LogP contribution in [0.3, 0.4) is 0 Å². The van der Waals surface area contributed by atoms with Crippen molar-refractivity contribution < 1.29 is 13.2 Å². The van der Waals surface area contributed by atoms with E-state index in [4.69, 9.17) is 0 Å². The molecule has 2 saturated heterocycles. The Morgan fingerprint density at radius 2 is 1.84 bits per heavy atom. The molecule has 2 fully saturated rings. The molecule has 32 heavy (non-hydrogen) atoms. The van der Waals surface area contributed by atoms with Crippen LogP contribution in [0.4, 0.5) is 0 Å². The highest BCUT2D eigenvalue weighted by molar-refractivity contribution is 7.89. The molecule has 8 nitrogen and oxygen atoms in total. The van der Waals surface area contributed by atoms with E-state index in [9.17, 15) is 13.2 Å². The molecule has 0 aliphatic carbocycles. The third-order valence-corrected chi connectivity index (χ3v) is 9.23. The number of fused-ring (bicyclic) bond motifs is 1. The van der Waals surface area contributed by atoms with Crippen LogP contribution < -0.4 is 0 Å². The number of aromatic nitrogens is 2. The summed E-state index contributed by atoms with van der Waals surface area (Å²) in [5.41, 5.74) is 2.11. The molecule has 0 aromatic carbocycles. The second kappa shape index (κ2) is 9.11. The van der Waals surface area contributed by atoms with Crippen LogP contribution in [-0.2, 0) is 14.8 Å². The standard InChI is InChI=1S/C23H35N5O3S/c1-16(2)28(17(3)4)15-22(29)26-13-19(14-26)32(30,31)27-10-7-18(8-11-27)21-12-25-23-20(21)6-5-9-24-23/h5-6,9,12,16-19H,7-8,10-11,13-15H2,1-4H3,(H,24,25). The minimum absolute atomic E-state index is 0.0190. The first-order valence-electron chi connectivity index (χ1n) is 11.6. The molecular weight excluding hydrogens is 426 g/mol. The van der Waals surface area contributed by atoms with Crippen molar-refractivity contribution in [3.05, 3.63) is 30.1 Å². The maximum Gasteiger partial charge on any atom is 0.236 e. The van der Waals surface area contributed by atoms with Crippen LogP contribution in [0.15, 0.2) is 24.5 Å². The summed E-state index contributed by atoms with van der Waals surface area (Å²) in [6.07, 6.45) is 5.38. The van der Waals surface area contributed by atoms with E-state index in [1.54, 1.807) is 15.4 Å². The predicted octanol–water partition coefficient (Wildman–Crippen LogP) is 2.40. The zero-order valence-corrected chi connectivity index (χ0v) is 20.3. The number of hydrogen-bond donors (Lipinski definition) is 1. The van der Waals surface area contributed by atoms with Crippen LogP contribution in [0.2, 0.25) is 0 Å². The molecule has 2 aromatic rings. The van der Waals surface area contributed by atoms with E-state index in [-0.39, 0.29) is 18.0 Å². The molecular formula is C23H35N5O3S. The van der Waals surface area contributed by atoms with E-state index in [0.29, 0.717) is 38.6 Å². The normalized spacial score (nSPS) is 19.4. The molecule has 2 aromatic heterocycles. The van der Waals surface area contributed by atoms with Gasteiger partial charge in [-0.2, -0.15) is 0 Å². The quantitative estimate of drug-likeness (QED) is 0.684. The molecule has 4 rings (SSSR count). The molecule has 0 atom stereocenters. The van der Waals surface area contributed by atoms with Gasteiger partial charge in [0, 0.05) is 56.0 Å². The third-order valence-electron chi connectivity index (χ3n) is 7.00. The molecule has 0 bridgehead atoms. The Morgan fingerprint density at radius 3 is 2.47 bits per heavy atom. The minimum atomic E-state index is -3.38. The first kappa shape index (κ1) is 23.2. The average molecular weight is 462 g/mol. The molecule has 0 unspecified atom stereocenters. The fourth-order valence-corrected chi connectivity index (χ4v) is 6.87. The van der Waals surface area contributed by atoms with Gasteiger partial charge in [0.05, 0.1) is 6.54 Å². The van der Waals surface area contributed by atoms with Gasteiger partial charge in [-0.1, -0.05) is 0 Å². The number of nitrogens with zero attached hydrogens (tertiary/aromatic N) is 4. The van der Waals surface area contributed by atoms with Crippen LogP contribution in [0, 0.1) is 0 Å². The van der Waals surface area contributed by atoms with Gasteiger partial charge in [0.15, 0.2) is 0 Å². The molecule has 1 amide bonds. The number of likely N-dealkylation sites (tertiary alicyclic amines) is 1. The van der Waals surface area contributed by atoms with Gasteiger partial charge < -0.3 is 9.88 Å². The van der Waals surface area contributed by atoms with Gasteiger partial charge >= 0.3 is 0 Å². The number of hydrogen-bond acceptors (Lipinski definition) is 5. The topological polar surface area (TPSA) is 89.6 Å². The monoisotopic (exact) mass is 461 g/mol. The van der Waals surface area contributed by atoms with Crippen molar-refractivity contribution in [3.8, 4) is 0 Å². The fraction of sp³-hybridized carbons (Fsp3) is 0.652. The first-order valence-corrected chi connectivity index (χ1v) is 13.1. The number of amides is 1. The Bertz CT molecular complexity index is 1040. The Labute approximate surface area is 191 Å². The Hall–Kier alpha value is -1.97. The van der Waals surface area contributed by atoms with Crippen molar-refractivity contribution in [1.82, 2.24) is 24.1 Å². The fourth-order valence-electron chi connectivity index (χ4n) is 4.99. The summed E-state index contributed by atoms with van der Waals surface area (Å²) in [5.74, 6) is 0.349. The number of nitrogens with one attached hydrogen (secondary N) is 1. The lowest BCUT2D eigenvalue weighted by atomic mass is 9.90. The summed E-state index contributed by atoms with van der Waals surface area (Å²) < 4.78 is 27.9. The van der Waals surface area contributed by atoms with Crippen LogP contribution in [-0.4, -0.2) is 88.5 Å². The first-order chi connectivity index (χ1) is 15.2. The lowest BCUT2D eigenvalue weighted by molar-refractivity contribution is -0.136. The summed E-state index contributed by atoms with van der Waals surface area (Å²) in [6.45, 7) is 10.3. The Kier molecular flexibility index (Phi) is 6.61. The van der Waals surface area contributed by atoms with Crippen molar-refractivity contribution in [2.24, 2.45) is 0 Å². The van der Waals surface area contributed by atoms with Gasteiger partial charge in [-0.3, -0.25) is 9.69 Å². The number of aromatic amines is 1. The van der Waals surface area contributed by atoms with E-state index in [0.717, 1.165) is 23.9 Å². The molecule has 2 aliphatic heterocycles. The van der Waals surface area contributed by atoms with Gasteiger partial charge in [0.2, 0.25) is 15.9 Å². The molecule has 1 N–H and O–H groups in total. The maximum atomic E-state index is 13.1. The van der Waals surface area contributed by atoms with Gasteiger partial charge in [-0.25, -0.2) is 17.7 Å². The van der Waals surface area contributed by atoms with E-state index in [1.807, 2.05) is 12.3 Å². The number of carbonyl (C=O) groups excluding carboxylic acids is 1. The second-order valence-electron chi connectivity index (χ2n) is 9.64. The summed E-state index contributed by atoms with van der Waals surface area (Å²) in [4.78, 5) is 24.0. The highest BCUT2D eigenvalue weighted by atomic mass is 32.2. The zero-order valence-electron chi connectivity index (χ0n) is 19.5. The zero-order chi connectivity index (χ0) is 23.0. The predicted molar refractivity (Wildman–Crippen MR) is 126 cm³/mol. The molecule has 4 heterocycles. The van der Waals surface area contributed by atoms with Crippen molar-refractivity contribution in [2.75, 3.05) is 32.7 Å². The largest absolute Gasteiger partial charge is 0.346 e. The highest BCUT2D eigenvalue weighted by Crippen LogP contribution is 2.34. The van der Waals surface area contributed by atoms with E-state index >= 15 is 0 Å². The van der Waals surface area contributed by atoms with Crippen molar-refractivity contribution in [3.63, 3.8) is 0 Å². The van der Waals surface area contributed by atoms with E-state index < -0.39 is 15.3 Å². The van der Waals surface area contributed by atoms with Crippen LogP contribution in [0.5, 0.6) is 0 Å². The Morgan fingerprint density at radius 1 is 1.19 bits per heavy atom. The molecule has 2 aliphatic rings. The number of rotatable bonds is 7. The average Bonchev–Trinajstić information content (AvgIpc) is 3.14. The third kappa shape index (κ3) is 4.43. The number of H-pyrrole nitrogens is 1. The van der Waals surface area contributed by atoms with Crippen molar-refractivity contribution >= 4 is 27.0 Å². The number of sulfonamides is 1. The van der Waals surface area contributed by atoms with Crippen molar-refractivity contribution in [1.29, 1.82) is 0 Å². The van der Waals surface area contributed by atoms with Crippen molar-refractivity contribution in [2.45, 2.75) is 63.8 Å². The summed E-state index contributed by atoms with van der Waals surface area (Å²) >= 11 is 0. The Balaban J connectivity index is 1.31. The molecule has 0 radical (unpaired) electrons. The molecule has 176 valence electrons. The van der Waals surface area contributed by atoms with E-state index in [1.165, 1.54) is 5.56 Å². The van der Waals surface area contributed by atoms with Gasteiger partial charge in [0.25, 0.3) is 0 Å².